The second kappa shape index (κ2) is 10.7. The average Bonchev–Trinajstić information content (AvgIpc) is 3.67. The van der Waals surface area contributed by atoms with Gasteiger partial charge in [-0.05, 0) is 65.4 Å². The molecule has 0 unspecified atom stereocenters. The lowest BCUT2D eigenvalue weighted by atomic mass is 10.1. The van der Waals surface area contributed by atoms with Crippen LogP contribution in [0.4, 0.5) is 0 Å². The van der Waals surface area contributed by atoms with E-state index in [0.717, 1.165) is 22.4 Å². The van der Waals surface area contributed by atoms with E-state index in [4.69, 9.17) is 15.0 Å². The lowest BCUT2D eigenvalue weighted by Crippen LogP contribution is -2.00. The number of rotatable bonds is 4. The van der Waals surface area contributed by atoms with Crippen LogP contribution in [0.3, 0.4) is 0 Å². The van der Waals surface area contributed by atoms with Gasteiger partial charge in [0.15, 0.2) is 17.5 Å². The highest BCUT2D eigenvalue weighted by atomic mass is 32.1. The molecule has 0 bridgehead atoms. The highest BCUT2D eigenvalue weighted by Gasteiger charge is 2.17. The van der Waals surface area contributed by atoms with E-state index in [1.807, 2.05) is 72.0 Å². The van der Waals surface area contributed by atoms with E-state index >= 15 is 0 Å². The van der Waals surface area contributed by atoms with Crippen LogP contribution in [0.2, 0.25) is 0 Å². The Morgan fingerprint density at radius 1 is 0.375 bits per heavy atom. The van der Waals surface area contributed by atoms with E-state index in [1.165, 1.54) is 52.8 Å². The second-order valence-electron chi connectivity index (χ2n) is 12.1. The highest BCUT2D eigenvalue weighted by Crippen LogP contribution is 2.42. The maximum Gasteiger partial charge on any atom is 0.164 e. The van der Waals surface area contributed by atoms with Gasteiger partial charge in [-0.1, -0.05) is 103 Å². The number of hydrogen-bond acceptors (Lipinski definition) is 4. The van der Waals surface area contributed by atoms with Crippen molar-refractivity contribution in [1.82, 2.24) is 19.5 Å². The fraction of sp³-hybridized carbons (Fsp3) is 0. The molecular formula is C43H26N4S. The third-order valence-electron chi connectivity index (χ3n) is 9.22. The Balaban J connectivity index is 1.14. The third-order valence-corrected chi connectivity index (χ3v) is 10.3. The van der Waals surface area contributed by atoms with E-state index in [0.29, 0.717) is 17.5 Å². The van der Waals surface area contributed by atoms with E-state index in [1.54, 1.807) is 0 Å². The molecule has 0 atom stereocenters. The summed E-state index contributed by atoms with van der Waals surface area (Å²) in [6.45, 7) is 0. The molecule has 0 saturated carbocycles. The summed E-state index contributed by atoms with van der Waals surface area (Å²) in [6.07, 6.45) is 0. The highest BCUT2D eigenvalue weighted by molar-refractivity contribution is 7.26. The molecule has 5 heteroatoms. The summed E-state index contributed by atoms with van der Waals surface area (Å²) in [4.78, 5) is 14.7. The predicted molar refractivity (Wildman–Crippen MR) is 201 cm³/mol. The zero-order valence-corrected chi connectivity index (χ0v) is 26.5. The molecule has 3 heterocycles. The molecule has 3 aromatic heterocycles. The molecule has 0 spiro atoms. The van der Waals surface area contributed by atoms with Gasteiger partial charge in [-0.15, -0.1) is 11.3 Å². The van der Waals surface area contributed by atoms with Crippen molar-refractivity contribution >= 4 is 64.1 Å². The molecule has 48 heavy (non-hydrogen) atoms. The van der Waals surface area contributed by atoms with Gasteiger partial charge in [0.05, 0.1) is 11.0 Å². The molecular weight excluding hydrogens is 605 g/mol. The van der Waals surface area contributed by atoms with E-state index in [2.05, 4.69) is 102 Å². The first-order valence-corrected chi connectivity index (χ1v) is 16.8. The van der Waals surface area contributed by atoms with Gasteiger partial charge < -0.3 is 4.57 Å². The van der Waals surface area contributed by atoms with Crippen LogP contribution in [0.15, 0.2) is 158 Å². The van der Waals surface area contributed by atoms with Crippen LogP contribution in [-0.2, 0) is 0 Å². The zero-order valence-electron chi connectivity index (χ0n) is 25.7. The van der Waals surface area contributed by atoms with Crippen LogP contribution in [-0.4, -0.2) is 19.5 Å². The molecule has 224 valence electrons. The smallest absolute Gasteiger partial charge is 0.164 e. The predicted octanol–water partition coefficient (Wildman–Crippen LogP) is 11.5. The maximum atomic E-state index is 4.94. The van der Waals surface area contributed by atoms with Crippen LogP contribution in [0, 0.1) is 0 Å². The van der Waals surface area contributed by atoms with E-state index < -0.39 is 0 Å². The Labute approximate surface area is 280 Å². The zero-order chi connectivity index (χ0) is 31.6. The Hall–Kier alpha value is -6.17. The summed E-state index contributed by atoms with van der Waals surface area (Å²) < 4.78 is 5.01. The van der Waals surface area contributed by atoms with E-state index in [9.17, 15) is 0 Å². The molecule has 0 N–H and O–H groups in total. The molecule has 0 radical (unpaired) electrons. The normalized spacial score (nSPS) is 11.8. The Kier molecular flexibility index (Phi) is 6.01. The van der Waals surface area contributed by atoms with Crippen LogP contribution in [0.5, 0.6) is 0 Å². The van der Waals surface area contributed by atoms with Crippen molar-refractivity contribution in [3.63, 3.8) is 0 Å². The SMILES string of the molecule is c1ccc(-c2nc(-c3ccccc3)nc(-c3ccc(-n4c5ccccc5c5cc6sc7cc8ccccc8cc7c6cc54)cc3)n2)cc1. The molecule has 0 fully saturated rings. The number of fused-ring (bicyclic) bond motifs is 7. The molecule has 0 saturated heterocycles. The summed E-state index contributed by atoms with van der Waals surface area (Å²) >= 11 is 1.88. The minimum Gasteiger partial charge on any atom is -0.309 e. The Morgan fingerprint density at radius 2 is 0.896 bits per heavy atom. The van der Waals surface area contributed by atoms with Crippen molar-refractivity contribution in [2.24, 2.45) is 0 Å². The number of hydrogen-bond donors (Lipinski definition) is 0. The minimum atomic E-state index is 0.648. The van der Waals surface area contributed by atoms with Gasteiger partial charge in [0, 0.05) is 53.3 Å². The molecule has 4 nitrogen and oxygen atoms in total. The van der Waals surface area contributed by atoms with Crippen LogP contribution in [0.25, 0.3) is 92.6 Å². The average molecular weight is 631 g/mol. The fourth-order valence-electron chi connectivity index (χ4n) is 6.90. The van der Waals surface area contributed by atoms with Gasteiger partial charge in [0.25, 0.3) is 0 Å². The number of nitrogens with zero attached hydrogens (tertiary/aromatic N) is 4. The van der Waals surface area contributed by atoms with Crippen molar-refractivity contribution in [3.8, 4) is 39.9 Å². The largest absolute Gasteiger partial charge is 0.309 e. The van der Waals surface area contributed by atoms with Gasteiger partial charge >= 0.3 is 0 Å². The van der Waals surface area contributed by atoms with Gasteiger partial charge in [-0.2, -0.15) is 0 Å². The van der Waals surface area contributed by atoms with Crippen LogP contribution < -0.4 is 0 Å². The molecule has 0 aliphatic carbocycles. The quantitative estimate of drug-likeness (QED) is 0.194. The van der Waals surface area contributed by atoms with Gasteiger partial charge in [-0.25, -0.2) is 15.0 Å². The van der Waals surface area contributed by atoms with Gasteiger partial charge in [-0.3, -0.25) is 0 Å². The number of para-hydroxylation sites is 1. The number of aromatic nitrogens is 4. The first kappa shape index (κ1) is 27.0. The van der Waals surface area contributed by atoms with Crippen molar-refractivity contribution in [3.05, 3.63) is 158 Å². The van der Waals surface area contributed by atoms with Gasteiger partial charge in [0.1, 0.15) is 0 Å². The lowest BCUT2D eigenvalue weighted by Gasteiger charge is -2.11. The Morgan fingerprint density at radius 3 is 1.56 bits per heavy atom. The molecule has 0 amide bonds. The summed E-state index contributed by atoms with van der Waals surface area (Å²) in [5, 5.41) is 7.66. The van der Waals surface area contributed by atoms with Crippen molar-refractivity contribution in [2.45, 2.75) is 0 Å². The second-order valence-corrected chi connectivity index (χ2v) is 13.2. The summed E-state index contributed by atoms with van der Waals surface area (Å²) in [5.74, 6) is 1.96. The van der Waals surface area contributed by atoms with Crippen molar-refractivity contribution in [2.75, 3.05) is 0 Å². The lowest BCUT2D eigenvalue weighted by molar-refractivity contribution is 1.07. The maximum absolute atomic E-state index is 4.94. The van der Waals surface area contributed by atoms with Crippen molar-refractivity contribution in [1.29, 1.82) is 0 Å². The first-order valence-electron chi connectivity index (χ1n) is 16.0. The van der Waals surface area contributed by atoms with Crippen LogP contribution in [0.1, 0.15) is 0 Å². The number of benzene rings is 7. The standard InChI is InChI=1S/C43H26N4S/c1-3-11-27(12-4-1)41-44-42(28-13-5-2-6-14-28)46-43(45-41)29-19-21-32(22-20-29)47-37-18-10-9-17-33(37)34-26-40-36(25-38(34)47)35-23-30-15-7-8-16-31(30)24-39(35)48-40/h1-26H. The third kappa shape index (κ3) is 4.33. The summed E-state index contributed by atoms with van der Waals surface area (Å²) in [7, 11) is 0. The van der Waals surface area contributed by atoms with Gasteiger partial charge in [0.2, 0.25) is 0 Å². The Bertz CT molecular complexity index is 2760. The minimum absolute atomic E-state index is 0.648. The first-order chi connectivity index (χ1) is 23.8. The van der Waals surface area contributed by atoms with Crippen LogP contribution >= 0.6 is 11.3 Å². The molecule has 10 aromatic rings. The van der Waals surface area contributed by atoms with E-state index in [-0.39, 0.29) is 0 Å². The fourth-order valence-corrected chi connectivity index (χ4v) is 8.06. The topological polar surface area (TPSA) is 43.6 Å². The molecule has 10 rings (SSSR count). The summed E-state index contributed by atoms with van der Waals surface area (Å²) in [5.41, 5.74) is 6.33. The molecule has 0 aliphatic rings. The molecule has 7 aromatic carbocycles. The van der Waals surface area contributed by atoms with Crippen molar-refractivity contribution < 1.29 is 0 Å². The number of thiophene rings is 1. The monoisotopic (exact) mass is 630 g/mol. The summed E-state index contributed by atoms with van der Waals surface area (Å²) in [6, 6.07) is 55.6. The molecule has 0 aliphatic heterocycles.